The van der Waals surface area contributed by atoms with Gasteiger partial charge >= 0.3 is 0 Å². The van der Waals surface area contributed by atoms with E-state index in [1.54, 1.807) is 7.11 Å². The Kier molecular flexibility index (Phi) is 5.92. The minimum absolute atomic E-state index is 0.338. The molecule has 160 valence electrons. The summed E-state index contributed by atoms with van der Waals surface area (Å²) in [5.41, 5.74) is 6.30. The first-order valence-corrected chi connectivity index (χ1v) is 11.3. The van der Waals surface area contributed by atoms with E-state index in [-0.39, 0.29) is 0 Å². The highest BCUT2D eigenvalue weighted by Gasteiger charge is 2.26. The maximum Gasteiger partial charge on any atom is 0.127 e. The highest BCUT2D eigenvalue weighted by Crippen LogP contribution is 2.36. The van der Waals surface area contributed by atoms with Gasteiger partial charge in [-0.25, -0.2) is 0 Å². The third-order valence-electron chi connectivity index (χ3n) is 6.44. The predicted octanol–water partition coefficient (Wildman–Crippen LogP) is 4.88. The molecule has 5 rings (SSSR count). The zero-order valence-corrected chi connectivity index (χ0v) is 18.1. The molecule has 0 spiro atoms. The van der Waals surface area contributed by atoms with E-state index in [0.29, 0.717) is 12.1 Å². The molecule has 4 heteroatoms. The monoisotopic (exact) mass is 414 g/mol. The maximum atomic E-state index is 6.04. The summed E-state index contributed by atoms with van der Waals surface area (Å²) in [4.78, 5) is 0. The zero-order chi connectivity index (χ0) is 21.0. The van der Waals surface area contributed by atoms with Gasteiger partial charge in [0.2, 0.25) is 0 Å². The Labute approximate surface area is 184 Å². The van der Waals surface area contributed by atoms with Crippen LogP contribution in [-0.2, 0) is 13.0 Å². The molecule has 0 radical (unpaired) electrons. The molecule has 2 N–H and O–H groups in total. The zero-order valence-electron chi connectivity index (χ0n) is 18.1. The summed E-state index contributed by atoms with van der Waals surface area (Å²) in [7, 11) is 1.71. The van der Waals surface area contributed by atoms with Gasteiger partial charge in [-0.1, -0.05) is 42.5 Å². The van der Waals surface area contributed by atoms with Crippen LogP contribution in [0.2, 0.25) is 0 Å². The van der Waals surface area contributed by atoms with Crippen LogP contribution in [-0.4, -0.2) is 26.3 Å². The molecule has 0 saturated carbocycles. The average Bonchev–Trinajstić information content (AvgIpc) is 3.32. The first-order valence-electron chi connectivity index (χ1n) is 11.3. The number of piperidine rings is 1. The van der Waals surface area contributed by atoms with E-state index in [1.807, 2.05) is 12.1 Å². The van der Waals surface area contributed by atoms with Crippen molar-refractivity contribution in [2.75, 3.05) is 20.3 Å². The standard InChI is InChI=1S/C27H30N2O2/c1-30-24-10-5-9-20(17-24)22-15-21-12-14-31-27(21)23(16-22)18-29-25-11-6-13-28-26(25)19-7-3-2-4-8-19/h2-5,7-10,15-17,25-26,28-29H,6,11-14,18H2,1H3. The lowest BCUT2D eigenvalue weighted by Crippen LogP contribution is -2.45. The first-order chi connectivity index (χ1) is 15.3. The number of ether oxygens (including phenoxy) is 2. The second kappa shape index (κ2) is 9.13. The SMILES string of the molecule is COc1cccc(-c2cc3c(c(CNC4CCCNC4c4ccccc4)c2)OCC3)c1. The number of benzene rings is 3. The van der Waals surface area contributed by atoms with Crippen molar-refractivity contribution in [3.63, 3.8) is 0 Å². The Morgan fingerprint density at radius 3 is 2.81 bits per heavy atom. The predicted molar refractivity (Wildman–Crippen MR) is 125 cm³/mol. The van der Waals surface area contributed by atoms with Gasteiger partial charge in [0.05, 0.1) is 13.7 Å². The van der Waals surface area contributed by atoms with Crippen LogP contribution in [0.4, 0.5) is 0 Å². The molecule has 2 aliphatic rings. The molecule has 0 aliphatic carbocycles. The van der Waals surface area contributed by atoms with Crippen LogP contribution >= 0.6 is 0 Å². The van der Waals surface area contributed by atoms with E-state index in [9.17, 15) is 0 Å². The van der Waals surface area contributed by atoms with Crippen molar-refractivity contribution in [2.24, 2.45) is 0 Å². The van der Waals surface area contributed by atoms with Crippen molar-refractivity contribution in [1.29, 1.82) is 0 Å². The number of hydrogen-bond donors (Lipinski definition) is 2. The van der Waals surface area contributed by atoms with Gasteiger partial charge in [0.1, 0.15) is 11.5 Å². The Bertz CT molecular complexity index is 1030. The summed E-state index contributed by atoms with van der Waals surface area (Å²) in [6.45, 7) is 2.64. The van der Waals surface area contributed by atoms with Crippen LogP contribution in [0.25, 0.3) is 11.1 Å². The summed E-state index contributed by atoms with van der Waals surface area (Å²) in [6, 6.07) is 24.4. The van der Waals surface area contributed by atoms with Crippen molar-refractivity contribution in [3.8, 4) is 22.6 Å². The van der Waals surface area contributed by atoms with E-state index >= 15 is 0 Å². The quantitative estimate of drug-likeness (QED) is 0.603. The fraction of sp³-hybridized carbons (Fsp3) is 0.333. The van der Waals surface area contributed by atoms with Crippen LogP contribution in [0, 0.1) is 0 Å². The number of hydrogen-bond acceptors (Lipinski definition) is 4. The van der Waals surface area contributed by atoms with Gasteiger partial charge in [-0.15, -0.1) is 0 Å². The molecule has 3 aromatic rings. The number of rotatable bonds is 6. The van der Waals surface area contributed by atoms with E-state index in [2.05, 4.69) is 65.2 Å². The molecule has 0 aromatic heterocycles. The van der Waals surface area contributed by atoms with Gasteiger partial charge in [0.15, 0.2) is 0 Å². The number of fused-ring (bicyclic) bond motifs is 1. The van der Waals surface area contributed by atoms with Crippen molar-refractivity contribution >= 4 is 0 Å². The van der Waals surface area contributed by atoms with Crippen molar-refractivity contribution in [1.82, 2.24) is 10.6 Å². The second-order valence-corrected chi connectivity index (χ2v) is 8.43. The van der Waals surface area contributed by atoms with Crippen LogP contribution in [0.15, 0.2) is 66.7 Å². The number of methoxy groups -OCH3 is 1. The average molecular weight is 415 g/mol. The molecule has 4 nitrogen and oxygen atoms in total. The summed E-state index contributed by atoms with van der Waals surface area (Å²) in [5, 5.41) is 7.57. The Hall–Kier alpha value is -2.82. The fourth-order valence-electron chi connectivity index (χ4n) is 4.85. The fourth-order valence-corrected chi connectivity index (χ4v) is 4.85. The molecule has 3 aromatic carbocycles. The molecule has 31 heavy (non-hydrogen) atoms. The lowest BCUT2D eigenvalue weighted by atomic mass is 9.92. The van der Waals surface area contributed by atoms with E-state index in [0.717, 1.165) is 37.6 Å². The Morgan fingerprint density at radius 1 is 1.03 bits per heavy atom. The lowest BCUT2D eigenvalue weighted by Gasteiger charge is -2.34. The summed E-state index contributed by atoms with van der Waals surface area (Å²) in [5.74, 6) is 1.95. The van der Waals surface area contributed by atoms with Crippen LogP contribution in [0.5, 0.6) is 11.5 Å². The third kappa shape index (κ3) is 4.32. The molecule has 2 unspecified atom stereocenters. The largest absolute Gasteiger partial charge is 0.497 e. The second-order valence-electron chi connectivity index (χ2n) is 8.43. The van der Waals surface area contributed by atoms with Crippen LogP contribution in [0.1, 0.15) is 35.6 Å². The smallest absolute Gasteiger partial charge is 0.127 e. The van der Waals surface area contributed by atoms with Crippen molar-refractivity contribution in [2.45, 2.75) is 37.9 Å². The van der Waals surface area contributed by atoms with E-state index in [4.69, 9.17) is 9.47 Å². The molecule has 2 heterocycles. The lowest BCUT2D eigenvalue weighted by molar-refractivity contribution is 0.301. The van der Waals surface area contributed by atoms with Crippen LogP contribution in [0.3, 0.4) is 0 Å². The third-order valence-corrected chi connectivity index (χ3v) is 6.44. The van der Waals surface area contributed by atoms with E-state index < -0.39 is 0 Å². The minimum Gasteiger partial charge on any atom is -0.497 e. The van der Waals surface area contributed by atoms with Gasteiger partial charge < -0.3 is 20.1 Å². The molecular weight excluding hydrogens is 384 g/mol. The molecule has 0 amide bonds. The molecule has 2 aliphatic heterocycles. The Balaban J connectivity index is 1.40. The summed E-state index contributed by atoms with van der Waals surface area (Å²) < 4.78 is 11.5. The molecular formula is C27H30N2O2. The molecule has 2 atom stereocenters. The number of nitrogens with one attached hydrogen (secondary N) is 2. The first kappa shape index (κ1) is 20.1. The highest BCUT2D eigenvalue weighted by atomic mass is 16.5. The molecule has 1 fully saturated rings. The van der Waals surface area contributed by atoms with Crippen molar-refractivity contribution < 1.29 is 9.47 Å². The molecule has 1 saturated heterocycles. The van der Waals surface area contributed by atoms with Crippen LogP contribution < -0.4 is 20.1 Å². The topological polar surface area (TPSA) is 42.5 Å². The van der Waals surface area contributed by atoms with Gasteiger partial charge in [-0.2, -0.15) is 0 Å². The van der Waals surface area contributed by atoms with Gasteiger partial charge in [-0.05, 0) is 65.9 Å². The Morgan fingerprint density at radius 2 is 1.94 bits per heavy atom. The normalized spacial score (nSPS) is 20.2. The van der Waals surface area contributed by atoms with Gasteiger partial charge in [0.25, 0.3) is 0 Å². The summed E-state index contributed by atoms with van der Waals surface area (Å²) >= 11 is 0. The summed E-state index contributed by atoms with van der Waals surface area (Å²) in [6.07, 6.45) is 3.34. The van der Waals surface area contributed by atoms with Gasteiger partial charge in [-0.3, -0.25) is 0 Å². The maximum absolute atomic E-state index is 6.04. The minimum atomic E-state index is 0.338. The highest BCUT2D eigenvalue weighted by molar-refractivity contribution is 5.69. The van der Waals surface area contributed by atoms with Crippen molar-refractivity contribution in [3.05, 3.63) is 83.4 Å². The van der Waals surface area contributed by atoms with E-state index in [1.165, 1.54) is 40.7 Å². The molecule has 0 bridgehead atoms. The van der Waals surface area contributed by atoms with Gasteiger partial charge in [0, 0.05) is 30.6 Å².